The Bertz CT molecular complexity index is 861. The smallest absolute Gasteiger partial charge is 0.328 e. The van der Waals surface area contributed by atoms with E-state index in [0.29, 0.717) is 6.54 Å². The minimum absolute atomic E-state index is 0.0292. The van der Waals surface area contributed by atoms with E-state index in [0.717, 1.165) is 37.1 Å². The molecule has 1 heterocycles. The lowest BCUT2D eigenvalue weighted by Gasteiger charge is -2.28. The van der Waals surface area contributed by atoms with Gasteiger partial charge in [-0.1, -0.05) is 48.0 Å². The molecule has 2 amide bonds. The summed E-state index contributed by atoms with van der Waals surface area (Å²) in [5.74, 6) is 0. The third kappa shape index (κ3) is 5.08. The molecule has 1 aliphatic rings. The quantitative estimate of drug-likeness (QED) is 0.799. The lowest BCUT2D eigenvalue weighted by Crippen LogP contribution is -2.43. The lowest BCUT2D eigenvalue weighted by atomic mass is 10.1. The van der Waals surface area contributed by atoms with Gasteiger partial charge in [0.1, 0.15) is 0 Å². The van der Waals surface area contributed by atoms with Gasteiger partial charge in [-0.2, -0.15) is 0 Å². The number of hydrogen-bond donors (Lipinski definition) is 2. The zero-order valence-corrected chi connectivity index (χ0v) is 16.2. The number of urea groups is 1. The number of likely N-dealkylation sites (tertiary alicyclic amines) is 1. The van der Waals surface area contributed by atoms with Crippen LogP contribution in [0.15, 0.2) is 59.5 Å². The molecule has 0 bridgehead atoms. The summed E-state index contributed by atoms with van der Waals surface area (Å²) in [6, 6.07) is 15.7. The molecular weight excluding hydrogens is 362 g/mol. The van der Waals surface area contributed by atoms with Crippen molar-refractivity contribution >= 4 is 16.1 Å². The molecular formula is C20H25N3O3S. The minimum Gasteiger partial charge on any atom is -0.335 e. The molecule has 6 nitrogen and oxygen atoms in total. The monoisotopic (exact) mass is 387 g/mol. The van der Waals surface area contributed by atoms with Crippen LogP contribution < -0.4 is 10.0 Å². The summed E-state index contributed by atoms with van der Waals surface area (Å²) in [6.07, 6.45) is 2.27. The highest BCUT2D eigenvalue weighted by molar-refractivity contribution is 7.90. The van der Waals surface area contributed by atoms with Crippen molar-refractivity contribution < 1.29 is 13.2 Å². The van der Waals surface area contributed by atoms with Crippen LogP contribution in [-0.4, -0.2) is 39.0 Å². The van der Waals surface area contributed by atoms with E-state index >= 15 is 0 Å². The van der Waals surface area contributed by atoms with Gasteiger partial charge in [-0.15, -0.1) is 0 Å². The Balaban J connectivity index is 1.64. The Labute approximate surface area is 160 Å². The molecule has 1 atom stereocenters. The number of nitrogens with one attached hydrogen (secondary N) is 2. The summed E-state index contributed by atoms with van der Waals surface area (Å²) in [7, 11) is -3.88. The van der Waals surface area contributed by atoms with Gasteiger partial charge in [0.2, 0.25) is 0 Å². The Kier molecular flexibility index (Phi) is 6.13. The highest BCUT2D eigenvalue weighted by atomic mass is 32.2. The van der Waals surface area contributed by atoms with E-state index in [4.69, 9.17) is 0 Å². The number of nitrogens with zero attached hydrogens (tertiary/aromatic N) is 1. The first-order valence-corrected chi connectivity index (χ1v) is 10.6. The molecule has 144 valence electrons. The van der Waals surface area contributed by atoms with Crippen LogP contribution in [0.1, 0.15) is 30.0 Å². The molecule has 1 unspecified atom stereocenters. The van der Waals surface area contributed by atoms with Crippen molar-refractivity contribution in [3.8, 4) is 0 Å². The predicted molar refractivity (Wildman–Crippen MR) is 105 cm³/mol. The van der Waals surface area contributed by atoms with E-state index in [2.05, 4.69) is 14.9 Å². The van der Waals surface area contributed by atoms with E-state index in [9.17, 15) is 13.2 Å². The molecule has 0 radical (unpaired) electrons. The molecule has 0 spiro atoms. The molecule has 1 saturated heterocycles. The fourth-order valence-corrected chi connectivity index (χ4v) is 4.24. The Morgan fingerprint density at radius 2 is 1.67 bits per heavy atom. The SMILES string of the molecule is Cc1ccc(S(=O)(=O)NC(=O)NCC(c2ccccc2)N2CCCC2)cc1. The van der Waals surface area contributed by atoms with Gasteiger partial charge in [-0.05, 0) is 50.6 Å². The Morgan fingerprint density at radius 3 is 2.30 bits per heavy atom. The normalized spacial score (nSPS) is 16.0. The van der Waals surface area contributed by atoms with Gasteiger partial charge in [-0.3, -0.25) is 4.90 Å². The number of amides is 2. The van der Waals surface area contributed by atoms with Crippen molar-refractivity contribution in [3.05, 3.63) is 65.7 Å². The lowest BCUT2D eigenvalue weighted by molar-refractivity contribution is 0.224. The summed E-state index contributed by atoms with van der Waals surface area (Å²) in [6.45, 7) is 4.17. The fourth-order valence-electron chi connectivity index (χ4n) is 3.31. The average Bonchev–Trinajstić information content (AvgIpc) is 3.17. The van der Waals surface area contributed by atoms with Crippen molar-refractivity contribution in [1.29, 1.82) is 0 Å². The topological polar surface area (TPSA) is 78.5 Å². The zero-order valence-electron chi connectivity index (χ0n) is 15.4. The summed E-state index contributed by atoms with van der Waals surface area (Å²) in [4.78, 5) is 14.6. The summed E-state index contributed by atoms with van der Waals surface area (Å²) < 4.78 is 26.8. The van der Waals surface area contributed by atoms with Crippen LogP contribution in [0, 0.1) is 6.92 Å². The largest absolute Gasteiger partial charge is 0.335 e. The molecule has 7 heteroatoms. The second kappa shape index (κ2) is 8.54. The van der Waals surface area contributed by atoms with E-state index in [1.165, 1.54) is 12.1 Å². The van der Waals surface area contributed by atoms with E-state index in [1.54, 1.807) is 12.1 Å². The Hall–Kier alpha value is -2.38. The van der Waals surface area contributed by atoms with Crippen LogP contribution in [0.25, 0.3) is 0 Å². The van der Waals surface area contributed by atoms with Crippen molar-refractivity contribution in [2.45, 2.75) is 30.7 Å². The van der Waals surface area contributed by atoms with E-state index in [-0.39, 0.29) is 10.9 Å². The highest BCUT2D eigenvalue weighted by Crippen LogP contribution is 2.24. The number of hydrogen-bond acceptors (Lipinski definition) is 4. The summed E-state index contributed by atoms with van der Waals surface area (Å²) >= 11 is 0. The number of aryl methyl sites for hydroxylation is 1. The van der Waals surface area contributed by atoms with Gasteiger partial charge in [0.05, 0.1) is 10.9 Å². The van der Waals surface area contributed by atoms with Gasteiger partial charge in [-0.25, -0.2) is 17.9 Å². The van der Waals surface area contributed by atoms with E-state index < -0.39 is 16.1 Å². The maximum absolute atomic E-state index is 12.3. The standard InChI is InChI=1S/C20H25N3O3S/c1-16-9-11-18(12-10-16)27(25,26)22-20(24)21-15-19(23-13-5-6-14-23)17-7-3-2-4-8-17/h2-4,7-12,19H,5-6,13-15H2,1H3,(H2,21,22,24). The molecule has 1 aliphatic heterocycles. The van der Waals surface area contributed by atoms with Crippen LogP contribution in [0.5, 0.6) is 0 Å². The van der Waals surface area contributed by atoms with Gasteiger partial charge < -0.3 is 5.32 Å². The van der Waals surface area contributed by atoms with E-state index in [1.807, 2.05) is 37.3 Å². The second-order valence-corrected chi connectivity index (χ2v) is 8.48. The zero-order chi connectivity index (χ0) is 19.3. The summed E-state index contributed by atoms with van der Waals surface area (Å²) in [5, 5.41) is 2.72. The van der Waals surface area contributed by atoms with Gasteiger partial charge in [0.15, 0.2) is 0 Å². The molecule has 0 aromatic heterocycles. The first kappa shape index (κ1) is 19.4. The first-order valence-electron chi connectivity index (χ1n) is 9.12. The van der Waals surface area contributed by atoms with Crippen LogP contribution in [0.3, 0.4) is 0 Å². The van der Waals surface area contributed by atoms with Crippen molar-refractivity contribution in [2.24, 2.45) is 0 Å². The van der Waals surface area contributed by atoms with Crippen LogP contribution in [0.4, 0.5) is 4.79 Å². The van der Waals surface area contributed by atoms with Gasteiger partial charge >= 0.3 is 6.03 Å². The molecule has 1 fully saturated rings. The predicted octanol–water partition coefficient (Wildman–Crippen LogP) is 2.82. The molecule has 2 aromatic carbocycles. The molecule has 0 aliphatic carbocycles. The van der Waals surface area contributed by atoms with Crippen LogP contribution in [-0.2, 0) is 10.0 Å². The van der Waals surface area contributed by atoms with Crippen molar-refractivity contribution in [1.82, 2.24) is 14.9 Å². The highest BCUT2D eigenvalue weighted by Gasteiger charge is 2.24. The van der Waals surface area contributed by atoms with Crippen molar-refractivity contribution in [2.75, 3.05) is 19.6 Å². The maximum atomic E-state index is 12.3. The van der Waals surface area contributed by atoms with Crippen LogP contribution >= 0.6 is 0 Å². The summed E-state index contributed by atoms with van der Waals surface area (Å²) in [5.41, 5.74) is 2.07. The maximum Gasteiger partial charge on any atom is 0.328 e. The number of rotatable bonds is 6. The molecule has 0 saturated carbocycles. The number of carbonyl (C=O) groups excluding carboxylic acids is 1. The first-order chi connectivity index (χ1) is 13.0. The minimum atomic E-state index is -3.88. The number of carbonyl (C=O) groups is 1. The van der Waals surface area contributed by atoms with Crippen molar-refractivity contribution in [3.63, 3.8) is 0 Å². The average molecular weight is 388 g/mol. The van der Waals surface area contributed by atoms with Crippen LogP contribution in [0.2, 0.25) is 0 Å². The van der Waals surface area contributed by atoms with Gasteiger partial charge in [0, 0.05) is 6.54 Å². The molecule has 2 aromatic rings. The second-order valence-electron chi connectivity index (χ2n) is 6.80. The molecule has 2 N–H and O–H groups in total. The molecule has 3 rings (SSSR count). The van der Waals surface area contributed by atoms with Gasteiger partial charge in [0.25, 0.3) is 10.0 Å². The third-order valence-corrected chi connectivity index (χ3v) is 6.13. The number of sulfonamides is 1. The molecule has 27 heavy (non-hydrogen) atoms. The fraction of sp³-hybridized carbons (Fsp3) is 0.350. The third-order valence-electron chi connectivity index (χ3n) is 4.78. The Morgan fingerprint density at radius 1 is 1.04 bits per heavy atom. The number of benzene rings is 2.